The molecule has 1 aromatic rings. The van der Waals surface area contributed by atoms with Crippen molar-refractivity contribution in [2.45, 2.75) is 59.8 Å². The highest BCUT2D eigenvalue weighted by Crippen LogP contribution is 2.32. The SMILES string of the molecule is CCC(C)c1ccccc1OC(=O)C(C)(CC)CC. The van der Waals surface area contributed by atoms with Crippen LogP contribution in [0.1, 0.15) is 65.4 Å². The van der Waals surface area contributed by atoms with Crippen LogP contribution < -0.4 is 4.74 Å². The Hall–Kier alpha value is -1.31. The minimum absolute atomic E-state index is 0.117. The van der Waals surface area contributed by atoms with Crippen LogP contribution >= 0.6 is 0 Å². The first-order valence-electron chi connectivity index (χ1n) is 7.29. The number of esters is 1. The summed E-state index contributed by atoms with van der Waals surface area (Å²) in [7, 11) is 0. The molecule has 1 unspecified atom stereocenters. The number of rotatable bonds is 6. The van der Waals surface area contributed by atoms with Gasteiger partial charge in [-0.25, -0.2) is 0 Å². The van der Waals surface area contributed by atoms with Crippen molar-refractivity contribution in [1.29, 1.82) is 0 Å². The van der Waals surface area contributed by atoms with Gasteiger partial charge >= 0.3 is 5.97 Å². The van der Waals surface area contributed by atoms with E-state index in [0.717, 1.165) is 30.6 Å². The van der Waals surface area contributed by atoms with E-state index in [2.05, 4.69) is 13.8 Å². The van der Waals surface area contributed by atoms with Gasteiger partial charge in [0.05, 0.1) is 5.41 Å². The summed E-state index contributed by atoms with van der Waals surface area (Å²) < 4.78 is 5.68. The van der Waals surface area contributed by atoms with E-state index in [1.165, 1.54) is 0 Å². The van der Waals surface area contributed by atoms with Gasteiger partial charge in [0.25, 0.3) is 0 Å². The summed E-state index contributed by atoms with van der Waals surface area (Å²) in [4.78, 5) is 12.3. The third-order valence-corrected chi connectivity index (χ3v) is 4.32. The zero-order valence-electron chi connectivity index (χ0n) is 12.8. The molecule has 0 saturated heterocycles. The van der Waals surface area contributed by atoms with Gasteiger partial charge < -0.3 is 4.74 Å². The first-order valence-corrected chi connectivity index (χ1v) is 7.29. The van der Waals surface area contributed by atoms with Crippen LogP contribution in [0.25, 0.3) is 0 Å². The molecule has 1 rings (SSSR count). The lowest BCUT2D eigenvalue weighted by atomic mass is 9.85. The maximum atomic E-state index is 12.3. The molecule has 19 heavy (non-hydrogen) atoms. The fourth-order valence-electron chi connectivity index (χ4n) is 1.96. The molecule has 0 aromatic heterocycles. The fraction of sp³-hybridized carbons (Fsp3) is 0.588. The topological polar surface area (TPSA) is 26.3 Å². The third-order valence-electron chi connectivity index (χ3n) is 4.32. The van der Waals surface area contributed by atoms with Crippen LogP contribution in [-0.2, 0) is 4.79 Å². The smallest absolute Gasteiger partial charge is 0.317 e. The molecule has 0 bridgehead atoms. The predicted molar refractivity (Wildman–Crippen MR) is 79.5 cm³/mol. The second-order valence-corrected chi connectivity index (χ2v) is 5.50. The zero-order chi connectivity index (χ0) is 14.5. The van der Waals surface area contributed by atoms with Gasteiger partial charge in [-0.1, -0.05) is 45.9 Å². The Morgan fingerprint density at radius 1 is 1.21 bits per heavy atom. The first kappa shape index (κ1) is 15.7. The second kappa shape index (κ2) is 6.74. The molecule has 1 atom stereocenters. The van der Waals surface area contributed by atoms with Crippen molar-refractivity contribution >= 4 is 5.97 Å². The highest BCUT2D eigenvalue weighted by molar-refractivity contribution is 5.79. The number of carbonyl (C=O) groups excluding carboxylic acids is 1. The average Bonchev–Trinajstić information content (AvgIpc) is 2.46. The number of para-hydroxylation sites is 1. The van der Waals surface area contributed by atoms with E-state index in [4.69, 9.17) is 4.74 Å². The van der Waals surface area contributed by atoms with E-state index in [-0.39, 0.29) is 11.4 Å². The first-order chi connectivity index (χ1) is 8.98. The van der Waals surface area contributed by atoms with E-state index in [1.807, 2.05) is 45.0 Å². The lowest BCUT2D eigenvalue weighted by Crippen LogP contribution is -2.31. The molecule has 0 amide bonds. The van der Waals surface area contributed by atoms with E-state index in [9.17, 15) is 4.79 Å². The van der Waals surface area contributed by atoms with Gasteiger partial charge in [-0.2, -0.15) is 0 Å². The van der Waals surface area contributed by atoms with Gasteiger partial charge in [0.15, 0.2) is 0 Å². The Kier molecular flexibility index (Phi) is 5.59. The van der Waals surface area contributed by atoms with E-state index < -0.39 is 0 Å². The van der Waals surface area contributed by atoms with Crippen molar-refractivity contribution in [2.24, 2.45) is 5.41 Å². The number of ether oxygens (including phenoxy) is 1. The van der Waals surface area contributed by atoms with Gasteiger partial charge in [-0.05, 0) is 43.7 Å². The fourth-order valence-corrected chi connectivity index (χ4v) is 1.96. The van der Waals surface area contributed by atoms with Crippen LogP contribution in [0, 0.1) is 5.41 Å². The minimum atomic E-state index is -0.386. The Morgan fingerprint density at radius 2 is 1.79 bits per heavy atom. The van der Waals surface area contributed by atoms with Crippen molar-refractivity contribution < 1.29 is 9.53 Å². The molecule has 0 saturated carbocycles. The van der Waals surface area contributed by atoms with Crippen LogP contribution in [0.3, 0.4) is 0 Å². The van der Waals surface area contributed by atoms with E-state index >= 15 is 0 Å². The summed E-state index contributed by atoms with van der Waals surface area (Å²) in [5, 5.41) is 0. The quantitative estimate of drug-likeness (QED) is 0.536. The highest BCUT2D eigenvalue weighted by Gasteiger charge is 2.31. The average molecular weight is 262 g/mol. The Labute approximate surface area is 117 Å². The van der Waals surface area contributed by atoms with Crippen LogP contribution in [0.2, 0.25) is 0 Å². The van der Waals surface area contributed by atoms with Gasteiger partial charge in [0, 0.05) is 0 Å². The largest absolute Gasteiger partial charge is 0.426 e. The van der Waals surface area contributed by atoms with Gasteiger partial charge in [-0.3, -0.25) is 4.79 Å². The number of benzene rings is 1. The molecule has 0 spiro atoms. The van der Waals surface area contributed by atoms with E-state index in [0.29, 0.717) is 5.92 Å². The molecule has 0 aliphatic carbocycles. The van der Waals surface area contributed by atoms with Gasteiger partial charge in [0.2, 0.25) is 0 Å². The van der Waals surface area contributed by atoms with Gasteiger partial charge in [-0.15, -0.1) is 0 Å². The molecule has 0 fully saturated rings. The summed E-state index contributed by atoms with van der Waals surface area (Å²) in [6, 6.07) is 7.86. The van der Waals surface area contributed by atoms with Gasteiger partial charge in [0.1, 0.15) is 5.75 Å². The molecule has 2 heteroatoms. The number of hydrogen-bond donors (Lipinski definition) is 0. The Morgan fingerprint density at radius 3 is 2.32 bits per heavy atom. The van der Waals surface area contributed by atoms with Crippen molar-refractivity contribution in [1.82, 2.24) is 0 Å². The monoisotopic (exact) mass is 262 g/mol. The molecule has 1 aromatic carbocycles. The molecular weight excluding hydrogens is 236 g/mol. The summed E-state index contributed by atoms with van der Waals surface area (Å²) >= 11 is 0. The Bertz CT molecular complexity index is 419. The van der Waals surface area contributed by atoms with Crippen molar-refractivity contribution in [2.75, 3.05) is 0 Å². The zero-order valence-corrected chi connectivity index (χ0v) is 12.8. The van der Waals surface area contributed by atoms with Crippen molar-refractivity contribution in [3.63, 3.8) is 0 Å². The van der Waals surface area contributed by atoms with Crippen molar-refractivity contribution in [3.05, 3.63) is 29.8 Å². The summed E-state index contributed by atoms with van der Waals surface area (Å²) in [6.45, 7) is 10.3. The van der Waals surface area contributed by atoms with Crippen LogP contribution in [0.5, 0.6) is 5.75 Å². The molecule has 0 aliphatic rings. The molecular formula is C17H26O2. The lowest BCUT2D eigenvalue weighted by Gasteiger charge is -2.25. The standard InChI is InChI=1S/C17H26O2/c1-6-13(4)14-11-9-10-12-15(14)19-16(18)17(5,7-2)8-3/h9-13H,6-8H2,1-5H3. The van der Waals surface area contributed by atoms with Crippen LogP contribution in [-0.4, -0.2) is 5.97 Å². The van der Waals surface area contributed by atoms with Crippen LogP contribution in [0.4, 0.5) is 0 Å². The maximum Gasteiger partial charge on any atom is 0.317 e. The summed E-state index contributed by atoms with van der Waals surface area (Å²) in [6.07, 6.45) is 2.63. The molecule has 0 N–H and O–H groups in total. The number of carbonyl (C=O) groups is 1. The Balaban J connectivity index is 2.97. The molecule has 0 radical (unpaired) electrons. The lowest BCUT2D eigenvalue weighted by molar-refractivity contribution is -0.145. The highest BCUT2D eigenvalue weighted by atomic mass is 16.5. The summed E-state index contributed by atoms with van der Waals surface area (Å²) in [5.41, 5.74) is 0.732. The van der Waals surface area contributed by atoms with Crippen LogP contribution in [0.15, 0.2) is 24.3 Å². The maximum absolute atomic E-state index is 12.3. The van der Waals surface area contributed by atoms with E-state index in [1.54, 1.807) is 0 Å². The minimum Gasteiger partial charge on any atom is -0.426 e. The normalized spacial score (nSPS) is 13.1. The van der Waals surface area contributed by atoms with Crippen molar-refractivity contribution in [3.8, 4) is 5.75 Å². The molecule has 106 valence electrons. The number of hydrogen-bond acceptors (Lipinski definition) is 2. The second-order valence-electron chi connectivity index (χ2n) is 5.50. The molecule has 2 nitrogen and oxygen atoms in total. The molecule has 0 heterocycles. The summed E-state index contributed by atoms with van der Waals surface area (Å²) in [5.74, 6) is 1.00. The molecule has 0 aliphatic heterocycles. The third kappa shape index (κ3) is 3.59. The predicted octanol–water partition coefficient (Wildman–Crippen LogP) is 4.93.